The highest BCUT2D eigenvalue weighted by Crippen LogP contribution is 2.20. The van der Waals surface area contributed by atoms with Crippen LogP contribution in [0.1, 0.15) is 32.6 Å². The molecule has 1 N–H and O–H groups in total. The molecule has 1 amide bonds. The third kappa shape index (κ3) is 6.02. The van der Waals surface area contributed by atoms with Crippen LogP contribution in [0.2, 0.25) is 19.6 Å². The number of Topliss-reactive ketones (excluding diaryl/α,β-unsaturated/α-hetero) is 1. The van der Waals surface area contributed by atoms with Gasteiger partial charge in [0.1, 0.15) is 14.1 Å². The first-order valence-corrected chi connectivity index (χ1v) is 11.2. The zero-order chi connectivity index (χ0) is 16.9. The number of carbonyl (C=O) groups excluding carboxylic acids is 2. The van der Waals surface area contributed by atoms with Gasteiger partial charge in [-0.1, -0.05) is 26.6 Å². The summed E-state index contributed by atoms with van der Waals surface area (Å²) in [7, 11) is -1.57. The van der Waals surface area contributed by atoms with Crippen LogP contribution in [0.3, 0.4) is 0 Å². The smallest absolute Gasteiger partial charge is 0.326 e. The van der Waals surface area contributed by atoms with Crippen molar-refractivity contribution in [3.63, 3.8) is 0 Å². The van der Waals surface area contributed by atoms with E-state index in [1.807, 2.05) is 6.92 Å². The molecule has 2 atom stereocenters. The predicted octanol–water partition coefficient (Wildman–Crippen LogP) is 1.93. The van der Waals surface area contributed by atoms with Crippen molar-refractivity contribution in [3.8, 4) is 11.5 Å². The fourth-order valence-electron chi connectivity index (χ4n) is 2.43. The lowest BCUT2D eigenvalue weighted by atomic mass is 10.0. The maximum Gasteiger partial charge on any atom is 0.326 e. The Morgan fingerprint density at radius 2 is 1.91 bits per heavy atom. The van der Waals surface area contributed by atoms with Crippen molar-refractivity contribution in [2.75, 3.05) is 6.54 Å². The van der Waals surface area contributed by atoms with E-state index < -0.39 is 20.1 Å². The molecular weight excluding hydrogens is 298 g/mol. The monoisotopic (exact) mass is 323 g/mol. The van der Waals surface area contributed by atoms with Gasteiger partial charge in [-0.15, -0.1) is 5.54 Å². The van der Waals surface area contributed by atoms with Gasteiger partial charge in [0.15, 0.2) is 0 Å². The maximum atomic E-state index is 12.2. The average molecular weight is 323 g/mol. The first-order valence-electron chi connectivity index (χ1n) is 7.68. The van der Waals surface area contributed by atoms with E-state index >= 15 is 0 Å². The molecule has 0 aromatic rings. The van der Waals surface area contributed by atoms with Crippen LogP contribution in [-0.4, -0.2) is 48.3 Å². The van der Waals surface area contributed by atoms with Crippen LogP contribution in [-0.2, 0) is 14.4 Å². The first-order chi connectivity index (χ1) is 10.1. The minimum atomic E-state index is -1.57. The van der Waals surface area contributed by atoms with Crippen LogP contribution in [0.25, 0.3) is 0 Å². The molecule has 22 heavy (non-hydrogen) atoms. The summed E-state index contributed by atoms with van der Waals surface area (Å²) >= 11 is 0. The summed E-state index contributed by atoms with van der Waals surface area (Å²) in [5.41, 5.74) is 3.02. The van der Waals surface area contributed by atoms with Gasteiger partial charge in [-0.3, -0.25) is 9.59 Å². The van der Waals surface area contributed by atoms with Gasteiger partial charge in [0, 0.05) is 19.4 Å². The summed E-state index contributed by atoms with van der Waals surface area (Å²) in [6.45, 7) is 8.53. The fourth-order valence-corrected chi connectivity index (χ4v) is 2.95. The molecule has 0 aromatic heterocycles. The Kier molecular flexibility index (Phi) is 6.36. The second-order valence-electron chi connectivity index (χ2n) is 7.02. The number of carboxylic acids is 1. The van der Waals surface area contributed by atoms with Gasteiger partial charge in [0.05, 0.1) is 0 Å². The number of hydrogen-bond acceptors (Lipinski definition) is 3. The zero-order valence-electron chi connectivity index (χ0n) is 13.8. The van der Waals surface area contributed by atoms with E-state index in [-0.39, 0.29) is 30.4 Å². The minimum Gasteiger partial charge on any atom is -0.480 e. The number of likely N-dealkylation sites (tertiary alicyclic amines) is 1. The topological polar surface area (TPSA) is 74.7 Å². The Labute approximate surface area is 133 Å². The lowest BCUT2D eigenvalue weighted by molar-refractivity contribution is -0.148. The van der Waals surface area contributed by atoms with Crippen molar-refractivity contribution in [3.05, 3.63) is 0 Å². The van der Waals surface area contributed by atoms with E-state index in [4.69, 9.17) is 5.11 Å². The van der Waals surface area contributed by atoms with E-state index in [0.717, 1.165) is 6.42 Å². The maximum absolute atomic E-state index is 12.2. The molecule has 0 bridgehead atoms. The Morgan fingerprint density at radius 1 is 1.27 bits per heavy atom. The molecule has 1 fully saturated rings. The van der Waals surface area contributed by atoms with Gasteiger partial charge >= 0.3 is 5.97 Å². The van der Waals surface area contributed by atoms with Crippen LogP contribution in [0.5, 0.6) is 0 Å². The largest absolute Gasteiger partial charge is 0.480 e. The van der Waals surface area contributed by atoms with Crippen LogP contribution in [0.15, 0.2) is 0 Å². The van der Waals surface area contributed by atoms with Crippen molar-refractivity contribution >= 4 is 25.7 Å². The minimum absolute atomic E-state index is 0.119. The number of hydrogen-bond donors (Lipinski definition) is 1. The van der Waals surface area contributed by atoms with Crippen LogP contribution in [0, 0.1) is 17.4 Å². The van der Waals surface area contributed by atoms with E-state index in [9.17, 15) is 14.4 Å². The number of ketones is 1. The first kappa shape index (κ1) is 18.4. The molecule has 2 unspecified atom stereocenters. The standard InChI is InChI=1S/C16H25NO4Si/c1-12(10-13(18)7-9-22(2,3)4)11-15(19)17-8-5-6-14(17)16(20)21/h12,14H,5-6,8,10-11H2,1-4H3,(H,20,21). The summed E-state index contributed by atoms with van der Waals surface area (Å²) in [5, 5.41) is 9.10. The van der Waals surface area contributed by atoms with Gasteiger partial charge in [-0.25, -0.2) is 4.79 Å². The number of amides is 1. The lowest BCUT2D eigenvalue weighted by Gasteiger charge is -2.22. The van der Waals surface area contributed by atoms with Gasteiger partial charge in [-0.05, 0) is 24.7 Å². The number of nitrogens with zero attached hydrogens (tertiary/aromatic N) is 1. The summed E-state index contributed by atoms with van der Waals surface area (Å²) in [4.78, 5) is 36.5. The quantitative estimate of drug-likeness (QED) is 0.620. The van der Waals surface area contributed by atoms with Crippen molar-refractivity contribution in [1.82, 2.24) is 4.90 Å². The molecule has 6 heteroatoms. The number of rotatable bonds is 5. The van der Waals surface area contributed by atoms with E-state index in [1.54, 1.807) is 0 Å². The molecule has 0 aliphatic carbocycles. The van der Waals surface area contributed by atoms with Crippen molar-refractivity contribution in [1.29, 1.82) is 0 Å². The van der Waals surface area contributed by atoms with Crippen LogP contribution in [0.4, 0.5) is 0 Å². The Balaban J connectivity index is 2.52. The summed E-state index contributed by atoms with van der Waals surface area (Å²) in [6.07, 6.45) is 1.67. The molecule has 1 aliphatic rings. The van der Waals surface area contributed by atoms with Crippen LogP contribution >= 0.6 is 0 Å². The van der Waals surface area contributed by atoms with E-state index in [0.29, 0.717) is 13.0 Å². The normalized spacial score (nSPS) is 19.3. The highest BCUT2D eigenvalue weighted by Gasteiger charge is 2.34. The number of carboxylic acid groups (broad SMARTS) is 1. The third-order valence-corrected chi connectivity index (χ3v) is 4.37. The molecule has 1 rings (SSSR count). The predicted molar refractivity (Wildman–Crippen MR) is 86.9 cm³/mol. The Hall–Kier alpha value is -1.61. The van der Waals surface area contributed by atoms with Gasteiger partial charge in [0.25, 0.3) is 0 Å². The molecule has 1 aliphatic heterocycles. The summed E-state index contributed by atoms with van der Waals surface area (Å²) < 4.78 is 0. The molecule has 0 saturated carbocycles. The van der Waals surface area contributed by atoms with E-state index in [1.165, 1.54) is 4.90 Å². The van der Waals surface area contributed by atoms with Gasteiger partial charge in [-0.2, -0.15) is 0 Å². The highest BCUT2D eigenvalue weighted by molar-refractivity contribution is 6.84. The Bertz CT molecular complexity index is 512. The molecule has 0 aromatic carbocycles. The number of carbonyl (C=O) groups is 3. The van der Waals surface area contributed by atoms with Gasteiger partial charge < -0.3 is 10.0 Å². The molecule has 5 nitrogen and oxygen atoms in total. The molecule has 0 radical (unpaired) electrons. The second-order valence-corrected chi connectivity index (χ2v) is 11.8. The molecule has 1 heterocycles. The van der Waals surface area contributed by atoms with Crippen molar-refractivity contribution < 1.29 is 19.5 Å². The second kappa shape index (κ2) is 7.59. The highest BCUT2D eigenvalue weighted by atomic mass is 28.3. The molecule has 0 spiro atoms. The van der Waals surface area contributed by atoms with Crippen LogP contribution < -0.4 is 0 Å². The van der Waals surface area contributed by atoms with Crippen molar-refractivity contribution in [2.45, 2.75) is 58.3 Å². The lowest BCUT2D eigenvalue weighted by Crippen LogP contribution is -2.41. The summed E-state index contributed by atoms with van der Waals surface area (Å²) in [6, 6.07) is -0.706. The molecule has 122 valence electrons. The summed E-state index contributed by atoms with van der Waals surface area (Å²) in [5.74, 6) is 1.29. The fraction of sp³-hybridized carbons (Fsp3) is 0.688. The molecule has 1 saturated heterocycles. The average Bonchev–Trinajstić information content (AvgIpc) is 2.84. The van der Waals surface area contributed by atoms with Gasteiger partial charge in [0.2, 0.25) is 11.7 Å². The number of aliphatic carboxylic acids is 1. The molecular formula is C16H25NO4Si. The Morgan fingerprint density at radius 3 is 2.45 bits per heavy atom. The third-order valence-electron chi connectivity index (χ3n) is 3.49. The van der Waals surface area contributed by atoms with Crippen molar-refractivity contribution in [2.24, 2.45) is 5.92 Å². The van der Waals surface area contributed by atoms with E-state index in [2.05, 4.69) is 31.1 Å². The zero-order valence-corrected chi connectivity index (χ0v) is 14.8. The SMILES string of the molecule is CC(CC(=O)C#C[Si](C)(C)C)CC(=O)N1CCCC1C(=O)O.